The van der Waals surface area contributed by atoms with Gasteiger partial charge in [0, 0.05) is 5.38 Å². The summed E-state index contributed by atoms with van der Waals surface area (Å²) in [5, 5.41) is 2.66. The summed E-state index contributed by atoms with van der Waals surface area (Å²) in [6.07, 6.45) is 0. The van der Waals surface area contributed by atoms with Crippen LogP contribution in [0.5, 0.6) is 5.75 Å². The molecule has 0 aliphatic heterocycles. The molecule has 1 heterocycles. The van der Waals surface area contributed by atoms with Gasteiger partial charge in [-0.3, -0.25) is 4.31 Å². The highest BCUT2D eigenvalue weighted by Crippen LogP contribution is 2.27. The zero-order valence-electron chi connectivity index (χ0n) is 14.2. The second-order valence-electron chi connectivity index (χ2n) is 5.52. The minimum absolute atomic E-state index is 0.0599. The lowest BCUT2D eigenvalue weighted by Gasteiger charge is -2.24. The van der Waals surface area contributed by atoms with Gasteiger partial charge in [-0.25, -0.2) is 17.8 Å². The summed E-state index contributed by atoms with van der Waals surface area (Å²) in [6, 6.07) is 11.5. The molecule has 0 radical (unpaired) electrons. The lowest BCUT2D eigenvalue weighted by Crippen LogP contribution is -2.30. The van der Waals surface area contributed by atoms with Crippen molar-refractivity contribution in [2.45, 2.75) is 18.4 Å². The van der Waals surface area contributed by atoms with Crippen molar-refractivity contribution in [3.63, 3.8) is 0 Å². The van der Waals surface area contributed by atoms with E-state index in [1.165, 1.54) is 59.2 Å². The van der Waals surface area contributed by atoms with Gasteiger partial charge < -0.3 is 4.74 Å². The molecule has 3 rings (SSSR count). The predicted octanol–water partition coefficient (Wildman–Crippen LogP) is 3.99. The van der Waals surface area contributed by atoms with Crippen LogP contribution in [0.4, 0.5) is 10.1 Å². The van der Waals surface area contributed by atoms with Crippen LogP contribution in [-0.2, 0) is 16.6 Å². The third-order valence-corrected chi connectivity index (χ3v) is 6.34. The summed E-state index contributed by atoms with van der Waals surface area (Å²) in [5.74, 6) is 0.132. The SMILES string of the molecule is COc1ccc(S(=O)(=O)N(Cc2csc(C)n2)c2ccc(F)cc2)cc1. The fourth-order valence-corrected chi connectivity index (χ4v) is 4.47. The van der Waals surface area contributed by atoms with Crippen LogP contribution in [0, 0.1) is 12.7 Å². The van der Waals surface area contributed by atoms with Gasteiger partial charge in [-0.05, 0) is 55.5 Å². The number of aryl methyl sites for hydroxylation is 1. The van der Waals surface area contributed by atoms with E-state index >= 15 is 0 Å². The molecule has 0 fully saturated rings. The van der Waals surface area contributed by atoms with Gasteiger partial charge in [0.1, 0.15) is 11.6 Å². The molecule has 0 aliphatic rings. The molecule has 26 heavy (non-hydrogen) atoms. The smallest absolute Gasteiger partial charge is 0.264 e. The second kappa shape index (κ2) is 7.43. The van der Waals surface area contributed by atoms with Crippen molar-refractivity contribution in [1.29, 1.82) is 0 Å². The molecule has 0 saturated heterocycles. The number of thiazole rings is 1. The van der Waals surface area contributed by atoms with Crippen LogP contribution in [0.25, 0.3) is 0 Å². The Bertz CT molecular complexity index is 984. The first kappa shape index (κ1) is 18.3. The molecule has 2 aromatic carbocycles. The normalized spacial score (nSPS) is 11.3. The number of nitrogens with zero attached hydrogens (tertiary/aromatic N) is 2. The summed E-state index contributed by atoms with van der Waals surface area (Å²) in [4.78, 5) is 4.47. The molecule has 136 valence electrons. The standard InChI is InChI=1S/C18H17FN2O3S2/c1-13-20-15(12-25-13)11-21(16-5-3-14(19)4-6-16)26(22,23)18-9-7-17(24-2)8-10-18/h3-10,12H,11H2,1-2H3. The third kappa shape index (κ3) is 3.86. The number of halogens is 1. The number of hydrogen-bond acceptors (Lipinski definition) is 5. The van der Waals surface area contributed by atoms with Gasteiger partial charge in [0.05, 0.1) is 34.9 Å². The number of anilines is 1. The van der Waals surface area contributed by atoms with Crippen LogP contribution < -0.4 is 9.04 Å². The molecule has 1 aromatic heterocycles. The second-order valence-corrected chi connectivity index (χ2v) is 8.45. The number of aromatic nitrogens is 1. The maximum Gasteiger partial charge on any atom is 0.264 e. The first-order valence-corrected chi connectivity index (χ1v) is 10.1. The van der Waals surface area contributed by atoms with E-state index in [0.717, 1.165) is 5.01 Å². The molecular weight excluding hydrogens is 375 g/mol. The summed E-state index contributed by atoms with van der Waals surface area (Å²) >= 11 is 1.45. The fraction of sp³-hybridized carbons (Fsp3) is 0.167. The number of benzene rings is 2. The summed E-state index contributed by atoms with van der Waals surface area (Å²) in [5.41, 5.74) is 1.00. The quantitative estimate of drug-likeness (QED) is 0.636. The van der Waals surface area contributed by atoms with Crippen molar-refractivity contribution in [1.82, 2.24) is 4.98 Å². The van der Waals surface area contributed by atoms with Gasteiger partial charge in [0.15, 0.2) is 0 Å². The van der Waals surface area contributed by atoms with E-state index in [-0.39, 0.29) is 11.4 Å². The van der Waals surface area contributed by atoms with Crippen molar-refractivity contribution in [3.8, 4) is 5.75 Å². The van der Waals surface area contributed by atoms with E-state index in [4.69, 9.17) is 4.74 Å². The van der Waals surface area contributed by atoms with E-state index < -0.39 is 15.8 Å². The van der Waals surface area contributed by atoms with Crippen LogP contribution in [0.3, 0.4) is 0 Å². The predicted molar refractivity (Wildman–Crippen MR) is 99.6 cm³/mol. The number of methoxy groups -OCH3 is 1. The van der Waals surface area contributed by atoms with Crippen LogP contribution in [0.15, 0.2) is 58.8 Å². The Morgan fingerprint density at radius 2 is 1.77 bits per heavy atom. The molecule has 0 spiro atoms. The fourth-order valence-electron chi connectivity index (χ4n) is 2.43. The number of hydrogen-bond donors (Lipinski definition) is 0. The van der Waals surface area contributed by atoms with Gasteiger partial charge in [-0.1, -0.05) is 0 Å². The molecule has 5 nitrogen and oxygen atoms in total. The Kier molecular flexibility index (Phi) is 5.24. The van der Waals surface area contributed by atoms with E-state index in [2.05, 4.69) is 4.98 Å². The van der Waals surface area contributed by atoms with Crippen molar-refractivity contribution in [2.24, 2.45) is 0 Å². The third-order valence-electron chi connectivity index (χ3n) is 3.73. The van der Waals surface area contributed by atoms with Crippen molar-refractivity contribution >= 4 is 27.0 Å². The van der Waals surface area contributed by atoms with Crippen LogP contribution in [0.1, 0.15) is 10.7 Å². The summed E-state index contributed by atoms with van der Waals surface area (Å²) < 4.78 is 46.0. The highest BCUT2D eigenvalue weighted by molar-refractivity contribution is 7.92. The Labute approximate surface area is 155 Å². The van der Waals surface area contributed by atoms with Crippen LogP contribution in [0.2, 0.25) is 0 Å². The van der Waals surface area contributed by atoms with Gasteiger partial charge in [0.25, 0.3) is 10.0 Å². The van der Waals surface area contributed by atoms with E-state index in [9.17, 15) is 12.8 Å². The number of rotatable bonds is 6. The van der Waals surface area contributed by atoms with E-state index in [1.807, 2.05) is 12.3 Å². The minimum atomic E-state index is -3.86. The first-order chi connectivity index (χ1) is 12.4. The number of sulfonamides is 1. The Morgan fingerprint density at radius 3 is 2.31 bits per heavy atom. The van der Waals surface area contributed by atoms with Crippen LogP contribution in [-0.4, -0.2) is 20.5 Å². The highest BCUT2D eigenvalue weighted by atomic mass is 32.2. The Balaban J connectivity index is 2.03. The van der Waals surface area contributed by atoms with E-state index in [0.29, 0.717) is 17.1 Å². The van der Waals surface area contributed by atoms with Crippen LogP contribution >= 0.6 is 11.3 Å². The van der Waals surface area contributed by atoms with Gasteiger partial charge in [-0.2, -0.15) is 0 Å². The van der Waals surface area contributed by atoms with E-state index in [1.54, 1.807) is 12.1 Å². The minimum Gasteiger partial charge on any atom is -0.497 e. The largest absolute Gasteiger partial charge is 0.497 e. The maximum atomic E-state index is 13.3. The van der Waals surface area contributed by atoms with Crippen molar-refractivity contribution in [3.05, 3.63) is 70.4 Å². The van der Waals surface area contributed by atoms with Gasteiger partial charge >= 0.3 is 0 Å². The van der Waals surface area contributed by atoms with Gasteiger partial charge in [-0.15, -0.1) is 11.3 Å². The average molecular weight is 392 g/mol. The maximum absolute atomic E-state index is 13.3. The molecule has 0 unspecified atom stereocenters. The monoisotopic (exact) mass is 392 g/mol. The molecule has 0 bridgehead atoms. The molecule has 3 aromatic rings. The van der Waals surface area contributed by atoms with Gasteiger partial charge in [0.2, 0.25) is 0 Å². The summed E-state index contributed by atoms with van der Waals surface area (Å²) in [6.45, 7) is 1.92. The Hall–Kier alpha value is -2.45. The summed E-state index contributed by atoms with van der Waals surface area (Å²) in [7, 11) is -2.35. The molecule has 0 atom stereocenters. The molecule has 8 heteroatoms. The highest BCUT2D eigenvalue weighted by Gasteiger charge is 2.26. The molecular formula is C18H17FN2O3S2. The van der Waals surface area contributed by atoms with Crippen molar-refractivity contribution in [2.75, 3.05) is 11.4 Å². The molecule has 0 amide bonds. The lowest BCUT2D eigenvalue weighted by molar-refractivity contribution is 0.414. The first-order valence-electron chi connectivity index (χ1n) is 7.73. The Morgan fingerprint density at radius 1 is 1.12 bits per heavy atom. The molecule has 0 saturated carbocycles. The molecule has 0 aliphatic carbocycles. The lowest BCUT2D eigenvalue weighted by atomic mass is 10.3. The average Bonchev–Trinajstić information content (AvgIpc) is 3.05. The van der Waals surface area contributed by atoms with Crippen molar-refractivity contribution < 1.29 is 17.5 Å². The topological polar surface area (TPSA) is 59.5 Å². The zero-order valence-corrected chi connectivity index (χ0v) is 15.8. The molecule has 0 N–H and O–H groups in total. The zero-order chi connectivity index (χ0) is 18.7. The number of ether oxygens (including phenoxy) is 1.